The van der Waals surface area contributed by atoms with E-state index in [0.29, 0.717) is 6.04 Å². The van der Waals surface area contributed by atoms with E-state index in [0.717, 1.165) is 24.3 Å². The first kappa shape index (κ1) is 12.4. The zero-order chi connectivity index (χ0) is 12.3. The molecular formula is C14H22N2O. The van der Waals surface area contributed by atoms with Gasteiger partial charge in [0.05, 0.1) is 7.11 Å². The van der Waals surface area contributed by atoms with Crippen molar-refractivity contribution < 1.29 is 4.74 Å². The summed E-state index contributed by atoms with van der Waals surface area (Å²) in [5, 5.41) is 3.46. The summed E-state index contributed by atoms with van der Waals surface area (Å²) in [4.78, 5) is 0. The Kier molecular flexibility index (Phi) is 4.02. The molecule has 1 aromatic carbocycles. The van der Waals surface area contributed by atoms with E-state index in [9.17, 15) is 0 Å². The van der Waals surface area contributed by atoms with E-state index in [2.05, 4.69) is 24.4 Å². The van der Waals surface area contributed by atoms with Crippen molar-refractivity contribution in [3.63, 3.8) is 0 Å². The molecule has 1 atom stereocenters. The van der Waals surface area contributed by atoms with Crippen molar-refractivity contribution in [2.75, 3.05) is 13.7 Å². The maximum atomic E-state index is 6.23. The van der Waals surface area contributed by atoms with Crippen molar-refractivity contribution in [3.8, 4) is 5.75 Å². The molecule has 0 saturated heterocycles. The molecule has 0 heterocycles. The van der Waals surface area contributed by atoms with Crippen molar-refractivity contribution in [1.29, 1.82) is 0 Å². The average Bonchev–Trinajstić information content (AvgIpc) is 3.19. The maximum Gasteiger partial charge on any atom is 0.123 e. The summed E-state index contributed by atoms with van der Waals surface area (Å²) in [6.45, 7) is 2.98. The highest BCUT2D eigenvalue weighted by atomic mass is 16.5. The third-order valence-corrected chi connectivity index (χ3v) is 3.31. The van der Waals surface area contributed by atoms with Gasteiger partial charge in [0.1, 0.15) is 5.75 Å². The van der Waals surface area contributed by atoms with Gasteiger partial charge in [0, 0.05) is 24.2 Å². The Morgan fingerprint density at radius 2 is 2.24 bits per heavy atom. The summed E-state index contributed by atoms with van der Waals surface area (Å²) in [6, 6.07) is 6.99. The quantitative estimate of drug-likeness (QED) is 0.791. The fraction of sp³-hybridized carbons (Fsp3) is 0.571. The molecule has 3 nitrogen and oxygen atoms in total. The van der Waals surface area contributed by atoms with Crippen LogP contribution >= 0.6 is 0 Å². The van der Waals surface area contributed by atoms with Crippen molar-refractivity contribution in [2.45, 2.75) is 38.3 Å². The van der Waals surface area contributed by atoms with E-state index >= 15 is 0 Å². The van der Waals surface area contributed by atoms with E-state index in [1.165, 1.54) is 18.4 Å². The highest BCUT2D eigenvalue weighted by molar-refractivity contribution is 5.39. The van der Waals surface area contributed by atoms with E-state index in [4.69, 9.17) is 10.5 Å². The lowest BCUT2D eigenvalue weighted by Gasteiger charge is -2.17. The number of ether oxygens (including phenoxy) is 1. The molecule has 1 aliphatic rings. The van der Waals surface area contributed by atoms with E-state index < -0.39 is 0 Å². The van der Waals surface area contributed by atoms with Gasteiger partial charge in [-0.2, -0.15) is 0 Å². The molecule has 1 fully saturated rings. The Bertz CT molecular complexity index is 374. The lowest BCUT2D eigenvalue weighted by atomic mass is 10.0. The highest BCUT2D eigenvalue weighted by Gasteiger charge is 2.22. The molecule has 0 spiro atoms. The molecule has 17 heavy (non-hydrogen) atoms. The number of hydrogen-bond acceptors (Lipinski definition) is 3. The van der Waals surface area contributed by atoms with Crippen molar-refractivity contribution >= 4 is 0 Å². The van der Waals surface area contributed by atoms with Crippen LogP contribution in [0.25, 0.3) is 0 Å². The van der Waals surface area contributed by atoms with Gasteiger partial charge in [-0.25, -0.2) is 0 Å². The molecule has 1 unspecified atom stereocenters. The minimum absolute atomic E-state index is 0.0112. The standard InChI is InChI=1S/C14H22N2O/c1-3-10-4-7-14(17-2)12(8-10)13(15)9-16-11-5-6-11/h4,7-8,11,13,16H,3,5-6,9,15H2,1-2H3. The number of methoxy groups -OCH3 is 1. The van der Waals surface area contributed by atoms with E-state index in [1.807, 2.05) is 6.07 Å². The van der Waals surface area contributed by atoms with E-state index in [1.54, 1.807) is 7.11 Å². The Morgan fingerprint density at radius 3 is 2.82 bits per heavy atom. The molecule has 3 N–H and O–H groups in total. The van der Waals surface area contributed by atoms with Crippen LogP contribution in [0.15, 0.2) is 18.2 Å². The average molecular weight is 234 g/mol. The van der Waals surface area contributed by atoms with Gasteiger partial charge in [-0.1, -0.05) is 19.1 Å². The molecule has 0 bridgehead atoms. The number of nitrogens with one attached hydrogen (secondary N) is 1. The Morgan fingerprint density at radius 1 is 1.47 bits per heavy atom. The third-order valence-electron chi connectivity index (χ3n) is 3.31. The summed E-state index contributed by atoms with van der Waals surface area (Å²) in [6.07, 6.45) is 3.61. The number of rotatable bonds is 6. The first-order valence-electron chi connectivity index (χ1n) is 6.40. The summed E-state index contributed by atoms with van der Waals surface area (Å²) < 4.78 is 5.38. The van der Waals surface area contributed by atoms with Crippen LogP contribution in [-0.2, 0) is 6.42 Å². The molecule has 3 heteroatoms. The Hall–Kier alpha value is -1.06. The van der Waals surface area contributed by atoms with Gasteiger partial charge in [0.2, 0.25) is 0 Å². The first-order valence-corrected chi connectivity index (χ1v) is 6.40. The monoisotopic (exact) mass is 234 g/mol. The molecule has 1 aliphatic carbocycles. The lowest BCUT2D eigenvalue weighted by Crippen LogP contribution is -2.28. The van der Waals surface area contributed by atoms with Crippen LogP contribution in [0.1, 0.15) is 36.9 Å². The maximum absolute atomic E-state index is 6.23. The van der Waals surface area contributed by atoms with Crippen LogP contribution in [0, 0.1) is 0 Å². The molecule has 0 aromatic heterocycles. The van der Waals surface area contributed by atoms with E-state index in [-0.39, 0.29) is 6.04 Å². The van der Waals surface area contributed by atoms with Gasteiger partial charge < -0.3 is 15.8 Å². The molecular weight excluding hydrogens is 212 g/mol. The molecule has 94 valence electrons. The van der Waals surface area contributed by atoms with Crippen LogP contribution in [0.4, 0.5) is 0 Å². The minimum Gasteiger partial charge on any atom is -0.496 e. The first-order chi connectivity index (χ1) is 8.24. The normalized spacial score (nSPS) is 16.9. The summed E-state index contributed by atoms with van der Waals surface area (Å²) >= 11 is 0. The number of hydrogen-bond donors (Lipinski definition) is 2. The molecule has 1 saturated carbocycles. The second kappa shape index (κ2) is 5.52. The SMILES string of the molecule is CCc1ccc(OC)c(C(N)CNC2CC2)c1. The van der Waals surface area contributed by atoms with Crippen LogP contribution in [0.2, 0.25) is 0 Å². The predicted molar refractivity (Wildman–Crippen MR) is 70.3 cm³/mol. The fourth-order valence-electron chi connectivity index (χ4n) is 1.98. The smallest absolute Gasteiger partial charge is 0.123 e. The largest absolute Gasteiger partial charge is 0.496 e. The number of aryl methyl sites for hydroxylation is 1. The summed E-state index contributed by atoms with van der Waals surface area (Å²) in [7, 11) is 1.70. The zero-order valence-corrected chi connectivity index (χ0v) is 10.7. The Balaban J connectivity index is 2.08. The molecule has 0 aliphatic heterocycles. The highest BCUT2D eigenvalue weighted by Crippen LogP contribution is 2.26. The predicted octanol–water partition coefficient (Wildman–Crippen LogP) is 2.01. The van der Waals surface area contributed by atoms with Gasteiger partial charge in [-0.15, -0.1) is 0 Å². The van der Waals surface area contributed by atoms with Crippen LogP contribution in [0.5, 0.6) is 5.75 Å². The van der Waals surface area contributed by atoms with Crippen molar-refractivity contribution in [3.05, 3.63) is 29.3 Å². The molecule has 0 amide bonds. The number of benzene rings is 1. The molecule has 2 rings (SSSR count). The Labute approximate surface area is 103 Å². The third kappa shape index (κ3) is 3.20. The van der Waals surface area contributed by atoms with Gasteiger partial charge in [0.25, 0.3) is 0 Å². The van der Waals surface area contributed by atoms with Crippen LogP contribution in [0.3, 0.4) is 0 Å². The van der Waals surface area contributed by atoms with Gasteiger partial charge >= 0.3 is 0 Å². The lowest BCUT2D eigenvalue weighted by molar-refractivity contribution is 0.404. The zero-order valence-electron chi connectivity index (χ0n) is 10.7. The van der Waals surface area contributed by atoms with Gasteiger partial charge in [0.15, 0.2) is 0 Å². The molecule has 1 aromatic rings. The second-order valence-electron chi connectivity index (χ2n) is 4.72. The van der Waals surface area contributed by atoms with Gasteiger partial charge in [-0.05, 0) is 30.9 Å². The summed E-state index contributed by atoms with van der Waals surface area (Å²) in [5.74, 6) is 0.896. The second-order valence-corrected chi connectivity index (χ2v) is 4.72. The van der Waals surface area contributed by atoms with Crippen LogP contribution in [-0.4, -0.2) is 19.7 Å². The minimum atomic E-state index is 0.0112. The van der Waals surface area contributed by atoms with Crippen molar-refractivity contribution in [2.24, 2.45) is 5.73 Å². The van der Waals surface area contributed by atoms with Crippen molar-refractivity contribution in [1.82, 2.24) is 5.32 Å². The fourth-order valence-corrected chi connectivity index (χ4v) is 1.98. The number of nitrogens with two attached hydrogens (primary N) is 1. The van der Waals surface area contributed by atoms with Crippen LogP contribution < -0.4 is 15.8 Å². The van der Waals surface area contributed by atoms with Gasteiger partial charge in [-0.3, -0.25) is 0 Å². The topological polar surface area (TPSA) is 47.3 Å². The molecule has 0 radical (unpaired) electrons. The summed E-state index contributed by atoms with van der Waals surface area (Å²) in [5.41, 5.74) is 8.65.